The van der Waals surface area contributed by atoms with Crippen molar-refractivity contribution >= 4 is 11.0 Å². The summed E-state index contributed by atoms with van der Waals surface area (Å²) in [6.07, 6.45) is -3.12. The number of rotatable bonds is 3. The summed E-state index contributed by atoms with van der Waals surface area (Å²) in [6.45, 7) is 0. The van der Waals surface area contributed by atoms with Crippen LogP contribution in [0.15, 0.2) is 29.3 Å². The van der Waals surface area contributed by atoms with Gasteiger partial charge in [-0.05, 0) is 30.5 Å². The van der Waals surface area contributed by atoms with Crippen LogP contribution in [0.4, 0.5) is 13.2 Å². The highest BCUT2D eigenvalue weighted by Crippen LogP contribution is 2.36. The molecule has 1 aliphatic carbocycles. The molecule has 1 aliphatic rings. The van der Waals surface area contributed by atoms with Gasteiger partial charge < -0.3 is 5.11 Å². The fourth-order valence-corrected chi connectivity index (χ4v) is 3.23. The van der Waals surface area contributed by atoms with Crippen LogP contribution < -0.4 is 5.56 Å². The third-order valence-electron chi connectivity index (χ3n) is 4.80. The molecule has 7 nitrogen and oxygen atoms in total. The second-order valence-corrected chi connectivity index (χ2v) is 6.71. The Labute approximate surface area is 156 Å². The highest BCUT2D eigenvalue weighted by molar-refractivity contribution is 5.77. The van der Waals surface area contributed by atoms with E-state index in [4.69, 9.17) is 5.26 Å². The van der Waals surface area contributed by atoms with Gasteiger partial charge in [-0.2, -0.15) is 23.5 Å². The first-order chi connectivity index (χ1) is 13.2. The van der Waals surface area contributed by atoms with E-state index in [1.807, 2.05) is 0 Å². The van der Waals surface area contributed by atoms with Gasteiger partial charge in [-0.15, -0.1) is 0 Å². The lowest BCUT2D eigenvalue weighted by atomic mass is 9.99. The van der Waals surface area contributed by atoms with Crippen molar-refractivity contribution in [3.05, 3.63) is 57.3 Å². The average Bonchev–Trinajstić information content (AvgIpc) is 3.42. The minimum Gasteiger partial charge on any atom is -0.382 e. The van der Waals surface area contributed by atoms with Gasteiger partial charge >= 0.3 is 6.18 Å². The fraction of sp³-hybridized carbons (Fsp3) is 0.333. The number of aliphatic hydroxyl groups excluding tert-OH is 1. The molecule has 0 amide bonds. The summed E-state index contributed by atoms with van der Waals surface area (Å²) in [5.41, 5.74) is -1.81. The number of aryl methyl sites for hydroxylation is 1. The van der Waals surface area contributed by atoms with Gasteiger partial charge in [0.05, 0.1) is 29.2 Å². The third kappa shape index (κ3) is 2.84. The molecular weight excluding hydrogens is 375 g/mol. The van der Waals surface area contributed by atoms with Crippen LogP contribution in [-0.2, 0) is 13.2 Å². The van der Waals surface area contributed by atoms with Gasteiger partial charge in [-0.3, -0.25) is 14.0 Å². The number of halogens is 3. The second kappa shape index (κ2) is 6.17. The van der Waals surface area contributed by atoms with Crippen LogP contribution in [0.3, 0.4) is 0 Å². The molecule has 1 fully saturated rings. The maximum Gasteiger partial charge on any atom is 0.417 e. The lowest BCUT2D eigenvalue weighted by Gasteiger charge is -2.15. The second-order valence-electron chi connectivity index (χ2n) is 6.71. The Kier molecular flexibility index (Phi) is 4.01. The lowest BCUT2D eigenvalue weighted by Crippen LogP contribution is -2.19. The van der Waals surface area contributed by atoms with Crippen LogP contribution >= 0.6 is 0 Å². The molecular formula is C18H14F3N5O2. The Balaban J connectivity index is 1.85. The number of nitrogens with zero attached hydrogens (tertiary/aromatic N) is 5. The standard InChI is InChI=1S/C18H14F3N5O2/c1-25-15(13-14(24-25)17(28)26(8-23-13)11-4-5-11)16(27)9-2-3-10(7-22)12(6-9)18(19,20)21/h2-3,6,8,11,16,27H,4-5H2,1H3. The Morgan fingerprint density at radius 3 is 2.64 bits per heavy atom. The van der Waals surface area contributed by atoms with Gasteiger partial charge in [0.15, 0.2) is 5.52 Å². The van der Waals surface area contributed by atoms with Gasteiger partial charge in [-0.1, -0.05) is 6.07 Å². The summed E-state index contributed by atoms with van der Waals surface area (Å²) in [7, 11) is 1.48. The Bertz CT molecular complexity index is 1180. The van der Waals surface area contributed by atoms with E-state index in [0.29, 0.717) is 0 Å². The minimum atomic E-state index is -4.74. The zero-order chi connectivity index (χ0) is 20.2. The molecule has 0 spiro atoms. The molecule has 0 bridgehead atoms. The molecule has 3 aromatic rings. The number of benzene rings is 1. The van der Waals surface area contributed by atoms with Crippen molar-refractivity contribution in [2.45, 2.75) is 31.2 Å². The largest absolute Gasteiger partial charge is 0.417 e. The van der Waals surface area contributed by atoms with E-state index in [2.05, 4.69) is 10.1 Å². The molecule has 0 saturated heterocycles. The van der Waals surface area contributed by atoms with E-state index < -0.39 is 23.4 Å². The van der Waals surface area contributed by atoms with Crippen molar-refractivity contribution < 1.29 is 18.3 Å². The molecule has 1 saturated carbocycles. The number of hydrogen-bond donors (Lipinski definition) is 1. The summed E-state index contributed by atoms with van der Waals surface area (Å²) >= 11 is 0. The summed E-state index contributed by atoms with van der Waals surface area (Å²) in [6, 6.07) is 4.56. The first-order valence-corrected chi connectivity index (χ1v) is 8.45. The van der Waals surface area contributed by atoms with Crippen LogP contribution in [0, 0.1) is 11.3 Å². The molecule has 10 heteroatoms. The van der Waals surface area contributed by atoms with E-state index in [9.17, 15) is 23.1 Å². The lowest BCUT2D eigenvalue weighted by molar-refractivity contribution is -0.137. The van der Waals surface area contributed by atoms with Gasteiger partial charge in [0.1, 0.15) is 11.6 Å². The molecule has 4 rings (SSSR count). The fourth-order valence-electron chi connectivity index (χ4n) is 3.23. The van der Waals surface area contributed by atoms with E-state index in [0.717, 1.165) is 25.0 Å². The number of nitriles is 1. The molecule has 1 aromatic carbocycles. The number of hydrogen-bond acceptors (Lipinski definition) is 5. The van der Waals surface area contributed by atoms with Crippen molar-refractivity contribution in [1.29, 1.82) is 5.26 Å². The first-order valence-electron chi connectivity index (χ1n) is 8.45. The smallest absolute Gasteiger partial charge is 0.382 e. The molecule has 2 aromatic heterocycles. The summed E-state index contributed by atoms with van der Waals surface area (Å²) < 4.78 is 42.4. The van der Waals surface area contributed by atoms with Crippen molar-refractivity contribution in [1.82, 2.24) is 19.3 Å². The summed E-state index contributed by atoms with van der Waals surface area (Å²) in [5, 5.41) is 23.8. The monoisotopic (exact) mass is 389 g/mol. The molecule has 1 unspecified atom stereocenters. The molecule has 28 heavy (non-hydrogen) atoms. The number of alkyl halides is 3. The van der Waals surface area contributed by atoms with E-state index in [1.165, 1.54) is 34.8 Å². The van der Waals surface area contributed by atoms with E-state index in [1.54, 1.807) is 0 Å². The molecule has 2 heterocycles. The number of aliphatic hydroxyl groups is 1. The van der Waals surface area contributed by atoms with E-state index in [-0.39, 0.29) is 33.9 Å². The van der Waals surface area contributed by atoms with Crippen molar-refractivity contribution in [3.63, 3.8) is 0 Å². The molecule has 144 valence electrons. The Hall–Kier alpha value is -3.19. The van der Waals surface area contributed by atoms with Crippen molar-refractivity contribution in [2.24, 2.45) is 7.05 Å². The van der Waals surface area contributed by atoms with Crippen molar-refractivity contribution in [3.8, 4) is 6.07 Å². The SMILES string of the molecule is Cn1nc2c(=O)n(C3CC3)cnc2c1C(O)c1ccc(C#N)c(C(F)(F)F)c1. The highest BCUT2D eigenvalue weighted by atomic mass is 19.4. The third-order valence-corrected chi connectivity index (χ3v) is 4.80. The minimum absolute atomic E-state index is 0.0515. The maximum atomic E-state index is 13.2. The predicted octanol–water partition coefficient (Wildman–Crippen LogP) is 2.44. The molecule has 0 radical (unpaired) electrons. The van der Waals surface area contributed by atoms with Gasteiger partial charge in [0, 0.05) is 13.1 Å². The quantitative estimate of drug-likeness (QED) is 0.742. The highest BCUT2D eigenvalue weighted by Gasteiger charge is 2.35. The van der Waals surface area contributed by atoms with Crippen LogP contribution in [0.5, 0.6) is 0 Å². The Morgan fingerprint density at radius 2 is 2.04 bits per heavy atom. The maximum absolute atomic E-state index is 13.2. The van der Waals surface area contributed by atoms with Crippen molar-refractivity contribution in [2.75, 3.05) is 0 Å². The molecule has 1 atom stereocenters. The van der Waals surface area contributed by atoms with Gasteiger partial charge in [0.2, 0.25) is 0 Å². The first kappa shape index (κ1) is 18.2. The van der Waals surface area contributed by atoms with Crippen LogP contribution in [0.2, 0.25) is 0 Å². The summed E-state index contributed by atoms with van der Waals surface area (Å²) in [5.74, 6) is 0. The molecule has 0 aliphatic heterocycles. The number of aromatic nitrogens is 4. The molecule has 1 N–H and O–H groups in total. The normalized spacial score (nSPS) is 15.6. The number of fused-ring (bicyclic) bond motifs is 1. The zero-order valence-electron chi connectivity index (χ0n) is 14.6. The summed E-state index contributed by atoms with van der Waals surface area (Å²) in [4.78, 5) is 16.8. The van der Waals surface area contributed by atoms with Crippen LogP contribution in [-0.4, -0.2) is 24.4 Å². The van der Waals surface area contributed by atoms with E-state index >= 15 is 0 Å². The van der Waals surface area contributed by atoms with Crippen LogP contribution in [0.1, 0.15) is 47.4 Å². The topological polar surface area (TPSA) is 96.7 Å². The predicted molar refractivity (Wildman–Crippen MR) is 91.3 cm³/mol. The average molecular weight is 389 g/mol. The van der Waals surface area contributed by atoms with Gasteiger partial charge in [0.25, 0.3) is 5.56 Å². The zero-order valence-corrected chi connectivity index (χ0v) is 14.6. The van der Waals surface area contributed by atoms with Crippen LogP contribution in [0.25, 0.3) is 11.0 Å². The van der Waals surface area contributed by atoms with Gasteiger partial charge in [-0.25, -0.2) is 4.98 Å². The Morgan fingerprint density at radius 1 is 1.32 bits per heavy atom.